The molecule has 2 aliphatic rings. The minimum Gasteiger partial charge on any atom is -0.393 e. The number of benzene rings is 1. The van der Waals surface area contributed by atoms with Crippen LogP contribution in [0.5, 0.6) is 0 Å². The molecule has 156 valence electrons. The van der Waals surface area contributed by atoms with E-state index < -0.39 is 0 Å². The maximum absolute atomic E-state index is 11.1. The summed E-state index contributed by atoms with van der Waals surface area (Å²) in [6.45, 7) is 0.562. The highest BCUT2D eigenvalue weighted by Crippen LogP contribution is 2.42. The molecule has 0 amide bonds. The quantitative estimate of drug-likeness (QED) is 0.649. The van der Waals surface area contributed by atoms with Crippen molar-refractivity contribution in [2.75, 3.05) is 5.73 Å². The third-order valence-corrected chi connectivity index (χ3v) is 6.66. The maximum Gasteiger partial charge on any atom is 0.123 e. The van der Waals surface area contributed by atoms with Crippen molar-refractivity contribution >= 4 is 5.82 Å². The molecule has 0 radical (unpaired) electrons. The van der Waals surface area contributed by atoms with Gasteiger partial charge in [0.05, 0.1) is 43.1 Å². The summed E-state index contributed by atoms with van der Waals surface area (Å²) >= 11 is 0. The normalized spacial score (nSPS) is 23.7. The van der Waals surface area contributed by atoms with Crippen molar-refractivity contribution in [3.63, 3.8) is 0 Å². The Bertz CT molecular complexity index is 1010. The van der Waals surface area contributed by atoms with Crippen LogP contribution in [0.15, 0.2) is 55.1 Å². The number of hydrogen-bond acceptors (Lipinski definition) is 5. The van der Waals surface area contributed by atoms with Crippen LogP contribution in [0, 0.1) is 5.92 Å². The van der Waals surface area contributed by atoms with Crippen LogP contribution in [0.25, 0.3) is 11.3 Å². The van der Waals surface area contributed by atoms with Crippen LogP contribution in [0.4, 0.5) is 5.82 Å². The molecule has 1 saturated carbocycles. The molecule has 6 nitrogen and oxygen atoms in total. The Balaban J connectivity index is 1.16. The van der Waals surface area contributed by atoms with Gasteiger partial charge in [0.2, 0.25) is 0 Å². The molecule has 6 heteroatoms. The van der Waals surface area contributed by atoms with Gasteiger partial charge in [-0.25, -0.2) is 9.97 Å². The van der Waals surface area contributed by atoms with E-state index in [0.717, 1.165) is 43.4 Å². The predicted octanol–water partition coefficient (Wildman–Crippen LogP) is 3.96. The Labute approximate surface area is 176 Å². The average Bonchev–Trinajstić information content (AvgIpc) is 3.35. The maximum atomic E-state index is 11.1. The lowest BCUT2D eigenvalue weighted by molar-refractivity contribution is -0.0160. The van der Waals surface area contributed by atoms with Crippen LogP contribution in [-0.2, 0) is 11.3 Å². The fourth-order valence-electron chi connectivity index (χ4n) is 5.03. The van der Waals surface area contributed by atoms with Gasteiger partial charge < -0.3 is 20.1 Å². The largest absolute Gasteiger partial charge is 0.393 e. The molecule has 2 unspecified atom stereocenters. The first-order valence-electron chi connectivity index (χ1n) is 10.8. The highest BCUT2D eigenvalue weighted by molar-refractivity contribution is 5.68. The third-order valence-electron chi connectivity index (χ3n) is 6.66. The van der Waals surface area contributed by atoms with E-state index in [0.29, 0.717) is 18.3 Å². The van der Waals surface area contributed by atoms with E-state index in [1.54, 1.807) is 6.20 Å². The third kappa shape index (κ3) is 3.73. The Morgan fingerprint density at radius 2 is 2.00 bits per heavy atom. The first kappa shape index (κ1) is 19.3. The highest BCUT2D eigenvalue weighted by Gasteiger charge is 2.33. The molecule has 2 aromatic heterocycles. The lowest BCUT2D eigenvalue weighted by Crippen LogP contribution is -2.30. The van der Waals surface area contributed by atoms with Gasteiger partial charge in [-0.3, -0.25) is 0 Å². The molecule has 5 rings (SSSR count). The van der Waals surface area contributed by atoms with Gasteiger partial charge >= 0.3 is 0 Å². The highest BCUT2D eigenvalue weighted by atomic mass is 16.5. The van der Waals surface area contributed by atoms with Gasteiger partial charge in [0.1, 0.15) is 5.82 Å². The number of hydrogen-bond donors (Lipinski definition) is 2. The number of ether oxygens (including phenoxy) is 1. The number of aromatic nitrogens is 3. The van der Waals surface area contributed by atoms with Gasteiger partial charge in [0.25, 0.3) is 0 Å². The number of imidazole rings is 1. The number of aliphatic hydroxyl groups excluding tert-OH is 1. The zero-order valence-corrected chi connectivity index (χ0v) is 17.0. The first-order chi connectivity index (χ1) is 14.7. The fourth-order valence-corrected chi connectivity index (χ4v) is 5.03. The van der Waals surface area contributed by atoms with E-state index >= 15 is 0 Å². The SMILES string of the molecule is Nc1cc(COC2CCC(C(O)CC3c4ccccc4-c4cncn43)CC2)ccn1. The summed E-state index contributed by atoms with van der Waals surface area (Å²) in [4.78, 5) is 8.35. The molecular weight excluding hydrogens is 376 g/mol. The molecule has 1 aromatic carbocycles. The van der Waals surface area contributed by atoms with E-state index in [-0.39, 0.29) is 18.2 Å². The van der Waals surface area contributed by atoms with E-state index in [1.807, 2.05) is 24.7 Å². The van der Waals surface area contributed by atoms with Crippen LogP contribution in [0.3, 0.4) is 0 Å². The van der Waals surface area contributed by atoms with Crippen molar-refractivity contribution in [1.29, 1.82) is 0 Å². The van der Waals surface area contributed by atoms with Gasteiger partial charge in [-0.05, 0) is 61.3 Å². The van der Waals surface area contributed by atoms with Gasteiger partial charge in [0, 0.05) is 11.8 Å². The Kier molecular flexibility index (Phi) is 5.27. The number of pyridine rings is 1. The second kappa shape index (κ2) is 8.20. The van der Waals surface area contributed by atoms with Crippen molar-refractivity contribution in [3.8, 4) is 11.3 Å². The van der Waals surface area contributed by atoms with E-state index in [4.69, 9.17) is 10.5 Å². The minimum absolute atomic E-state index is 0.167. The molecule has 1 aliphatic heterocycles. The smallest absolute Gasteiger partial charge is 0.123 e. The van der Waals surface area contributed by atoms with Crippen LogP contribution in [-0.4, -0.2) is 31.8 Å². The number of nitrogen functional groups attached to an aromatic ring is 1. The topological polar surface area (TPSA) is 86.2 Å². The summed E-state index contributed by atoms with van der Waals surface area (Å²) in [5.74, 6) is 0.846. The number of aliphatic hydroxyl groups is 1. The second-order valence-corrected chi connectivity index (χ2v) is 8.53. The molecule has 30 heavy (non-hydrogen) atoms. The predicted molar refractivity (Wildman–Crippen MR) is 116 cm³/mol. The van der Waals surface area contributed by atoms with Crippen molar-refractivity contribution in [2.24, 2.45) is 5.92 Å². The van der Waals surface area contributed by atoms with Crippen LogP contribution >= 0.6 is 0 Å². The van der Waals surface area contributed by atoms with Crippen molar-refractivity contribution in [3.05, 3.63) is 66.2 Å². The Hall–Kier alpha value is -2.70. The summed E-state index contributed by atoms with van der Waals surface area (Å²) in [7, 11) is 0. The van der Waals surface area contributed by atoms with Crippen LogP contribution < -0.4 is 5.73 Å². The summed E-state index contributed by atoms with van der Waals surface area (Å²) in [6, 6.07) is 12.4. The summed E-state index contributed by atoms with van der Waals surface area (Å²) in [5.41, 5.74) is 10.5. The lowest BCUT2D eigenvalue weighted by Gasteiger charge is -2.32. The van der Waals surface area contributed by atoms with Crippen LogP contribution in [0.2, 0.25) is 0 Å². The van der Waals surface area contributed by atoms with Crippen molar-refractivity contribution in [1.82, 2.24) is 14.5 Å². The number of rotatable bonds is 6. The van der Waals surface area contributed by atoms with E-state index in [1.165, 1.54) is 11.1 Å². The molecule has 1 aliphatic carbocycles. The fraction of sp³-hybridized carbons (Fsp3) is 0.417. The molecule has 1 fully saturated rings. The van der Waals surface area contributed by atoms with E-state index in [9.17, 15) is 5.11 Å². The zero-order valence-electron chi connectivity index (χ0n) is 17.0. The monoisotopic (exact) mass is 404 g/mol. The molecule has 0 spiro atoms. The minimum atomic E-state index is -0.322. The molecule has 2 atom stereocenters. The number of anilines is 1. The van der Waals surface area contributed by atoms with Crippen molar-refractivity contribution < 1.29 is 9.84 Å². The Morgan fingerprint density at radius 1 is 1.17 bits per heavy atom. The summed E-state index contributed by atoms with van der Waals surface area (Å²) in [6.07, 6.45) is 10.1. The van der Waals surface area contributed by atoms with Gasteiger partial charge in [-0.2, -0.15) is 0 Å². The lowest BCUT2D eigenvalue weighted by atomic mass is 9.81. The molecule has 0 saturated heterocycles. The zero-order chi connectivity index (χ0) is 20.5. The standard InChI is InChI=1S/C24H28N4O2/c25-24-11-16(9-10-27-24)14-30-18-7-5-17(6-8-18)23(29)12-21-19-3-1-2-4-20(19)22-13-26-15-28(21)22/h1-4,9-11,13,15,17-18,21,23,29H,5-8,12,14H2,(H2,25,27). The molecule has 0 bridgehead atoms. The summed E-state index contributed by atoms with van der Waals surface area (Å²) < 4.78 is 8.30. The van der Waals surface area contributed by atoms with E-state index in [2.05, 4.69) is 38.8 Å². The second-order valence-electron chi connectivity index (χ2n) is 8.53. The summed E-state index contributed by atoms with van der Waals surface area (Å²) in [5, 5.41) is 11.1. The van der Waals surface area contributed by atoms with Gasteiger partial charge in [-0.1, -0.05) is 24.3 Å². The molecular formula is C24H28N4O2. The van der Waals surface area contributed by atoms with Crippen LogP contribution in [0.1, 0.15) is 49.3 Å². The number of fused-ring (bicyclic) bond motifs is 3. The number of nitrogens with zero attached hydrogens (tertiary/aromatic N) is 3. The molecule has 3 N–H and O–H groups in total. The van der Waals surface area contributed by atoms with Gasteiger partial charge in [-0.15, -0.1) is 0 Å². The average molecular weight is 405 g/mol. The molecule has 3 heterocycles. The first-order valence-corrected chi connectivity index (χ1v) is 10.8. The van der Waals surface area contributed by atoms with Crippen molar-refractivity contribution in [2.45, 2.75) is 57.0 Å². The molecule has 3 aromatic rings. The Morgan fingerprint density at radius 3 is 2.83 bits per heavy atom. The van der Waals surface area contributed by atoms with Gasteiger partial charge in [0.15, 0.2) is 0 Å². The number of nitrogens with two attached hydrogens (primary N) is 1.